The predicted molar refractivity (Wildman–Crippen MR) is 83.9 cm³/mol. The van der Waals surface area contributed by atoms with Crippen molar-refractivity contribution in [2.24, 2.45) is 0 Å². The topological polar surface area (TPSA) is 75.0 Å². The number of hydrogen-bond acceptors (Lipinski definition) is 5. The van der Waals surface area contributed by atoms with E-state index in [1.165, 1.54) is 12.3 Å². The van der Waals surface area contributed by atoms with E-state index in [4.69, 9.17) is 0 Å². The summed E-state index contributed by atoms with van der Waals surface area (Å²) in [5, 5.41) is 3.40. The number of nitrogens with zero attached hydrogens (tertiary/aromatic N) is 3. The third-order valence-electron chi connectivity index (χ3n) is 4.62. The summed E-state index contributed by atoms with van der Waals surface area (Å²) in [4.78, 5) is 20.4. The first-order valence-corrected chi connectivity index (χ1v) is 8.18. The molecule has 1 aliphatic rings. The molecule has 25 heavy (non-hydrogen) atoms. The number of halogens is 3. The molecule has 0 amide bonds. The van der Waals surface area contributed by atoms with Crippen molar-refractivity contribution >= 4 is 0 Å². The number of pyridine rings is 1. The van der Waals surface area contributed by atoms with Crippen LogP contribution < -0.4 is 5.56 Å². The molecule has 1 N–H and O–H groups in total. The van der Waals surface area contributed by atoms with Gasteiger partial charge in [0.05, 0.1) is 0 Å². The van der Waals surface area contributed by atoms with Gasteiger partial charge >= 0.3 is 12.1 Å². The molecule has 0 saturated carbocycles. The molecular formula is C16H19F3N4O2. The fraction of sp³-hybridized carbons (Fsp3) is 0.562. The zero-order valence-electron chi connectivity index (χ0n) is 13.8. The maximum absolute atomic E-state index is 12.7. The summed E-state index contributed by atoms with van der Waals surface area (Å²) in [5.41, 5.74) is 0.326. The Hall–Kier alpha value is -2.16. The third kappa shape index (κ3) is 3.92. The lowest BCUT2D eigenvalue weighted by molar-refractivity contribution is -0.159. The van der Waals surface area contributed by atoms with Crippen LogP contribution in [0.15, 0.2) is 21.6 Å². The van der Waals surface area contributed by atoms with Crippen molar-refractivity contribution in [2.75, 3.05) is 13.6 Å². The van der Waals surface area contributed by atoms with Crippen molar-refractivity contribution in [3.63, 3.8) is 0 Å². The molecule has 1 saturated heterocycles. The second kappa shape index (κ2) is 6.99. The van der Waals surface area contributed by atoms with Gasteiger partial charge in [0.15, 0.2) is 0 Å². The van der Waals surface area contributed by atoms with Crippen LogP contribution in [0.3, 0.4) is 0 Å². The van der Waals surface area contributed by atoms with E-state index in [0.29, 0.717) is 18.0 Å². The van der Waals surface area contributed by atoms with Crippen LogP contribution in [0.1, 0.15) is 37.1 Å². The van der Waals surface area contributed by atoms with E-state index in [9.17, 15) is 18.0 Å². The second-order valence-corrected chi connectivity index (χ2v) is 6.29. The van der Waals surface area contributed by atoms with Crippen LogP contribution in [0.25, 0.3) is 11.4 Å². The highest BCUT2D eigenvalue weighted by Gasteiger charge is 2.38. The molecule has 3 rings (SSSR count). The van der Waals surface area contributed by atoms with E-state index in [-0.39, 0.29) is 16.9 Å². The predicted octanol–water partition coefficient (Wildman–Crippen LogP) is 2.86. The zero-order valence-corrected chi connectivity index (χ0v) is 13.8. The van der Waals surface area contributed by atoms with Gasteiger partial charge in [0.2, 0.25) is 5.82 Å². The van der Waals surface area contributed by atoms with Crippen molar-refractivity contribution in [1.82, 2.24) is 20.0 Å². The monoisotopic (exact) mass is 356 g/mol. The fourth-order valence-electron chi connectivity index (χ4n) is 3.24. The number of nitrogens with one attached hydrogen (secondary N) is 1. The lowest BCUT2D eigenvalue weighted by atomic mass is 9.95. The highest BCUT2D eigenvalue weighted by atomic mass is 19.4. The summed E-state index contributed by atoms with van der Waals surface area (Å²) in [6.45, 7) is 1.02. The van der Waals surface area contributed by atoms with Crippen LogP contribution in [0.4, 0.5) is 13.2 Å². The molecule has 2 aromatic heterocycles. The minimum absolute atomic E-state index is 0.217. The Morgan fingerprint density at radius 3 is 2.88 bits per heavy atom. The Morgan fingerprint density at radius 2 is 2.20 bits per heavy atom. The number of hydrogen-bond donors (Lipinski definition) is 1. The minimum atomic E-state index is -4.71. The Bertz CT molecular complexity index is 784. The van der Waals surface area contributed by atoms with Crippen molar-refractivity contribution < 1.29 is 17.7 Å². The number of likely N-dealkylation sites (tertiary alicyclic amines) is 1. The Morgan fingerprint density at radius 1 is 1.40 bits per heavy atom. The number of alkyl halides is 3. The summed E-state index contributed by atoms with van der Waals surface area (Å²) in [6.07, 6.45) is 1.21. The molecular weight excluding hydrogens is 337 g/mol. The third-order valence-corrected chi connectivity index (χ3v) is 4.62. The Labute approximate surface area is 142 Å². The first-order chi connectivity index (χ1) is 11.9. The van der Waals surface area contributed by atoms with Crippen LogP contribution in [-0.4, -0.2) is 39.7 Å². The summed E-state index contributed by atoms with van der Waals surface area (Å²) in [6, 6.07) is 1.86. The number of aromatic amines is 1. The van der Waals surface area contributed by atoms with Gasteiger partial charge in [-0.1, -0.05) is 11.6 Å². The molecule has 9 heteroatoms. The molecule has 0 bridgehead atoms. The molecule has 136 valence electrons. The molecule has 1 atom stereocenters. The fourth-order valence-corrected chi connectivity index (χ4v) is 3.24. The maximum Gasteiger partial charge on any atom is 0.471 e. The van der Waals surface area contributed by atoms with E-state index in [2.05, 4.69) is 31.6 Å². The lowest BCUT2D eigenvalue weighted by Gasteiger charge is -2.32. The summed E-state index contributed by atoms with van der Waals surface area (Å²) in [5.74, 6) is -1.63. The standard InChI is InChI=1S/C16H19F3N4O2/c1-23-9-3-2-4-10(23)5-6-12-11(7-8-20-14(12)24)13-21-15(25-22-13)16(17,18)19/h7-8,10H,2-6,9H2,1H3,(H,20,24). The van der Waals surface area contributed by atoms with Crippen molar-refractivity contribution in [3.05, 3.63) is 34.1 Å². The van der Waals surface area contributed by atoms with E-state index >= 15 is 0 Å². The molecule has 0 spiro atoms. The number of aromatic nitrogens is 3. The van der Waals surface area contributed by atoms with Crippen molar-refractivity contribution in [3.8, 4) is 11.4 Å². The largest absolute Gasteiger partial charge is 0.471 e. The second-order valence-electron chi connectivity index (χ2n) is 6.29. The van der Waals surface area contributed by atoms with Gasteiger partial charge in [-0.05, 0) is 45.3 Å². The highest BCUT2D eigenvalue weighted by Crippen LogP contribution is 2.30. The highest BCUT2D eigenvalue weighted by molar-refractivity contribution is 5.58. The minimum Gasteiger partial charge on any atom is -0.329 e. The van der Waals surface area contributed by atoms with Gasteiger partial charge in [-0.15, -0.1) is 0 Å². The van der Waals surface area contributed by atoms with Crippen molar-refractivity contribution in [1.29, 1.82) is 0 Å². The number of H-pyrrole nitrogens is 1. The van der Waals surface area contributed by atoms with Crippen LogP contribution >= 0.6 is 0 Å². The van der Waals surface area contributed by atoms with E-state index in [1.54, 1.807) is 0 Å². The van der Waals surface area contributed by atoms with E-state index < -0.39 is 12.1 Å². The van der Waals surface area contributed by atoms with Crippen LogP contribution in [0, 0.1) is 0 Å². The maximum atomic E-state index is 12.7. The van der Waals surface area contributed by atoms with Gasteiger partial charge in [0, 0.05) is 23.4 Å². The van der Waals surface area contributed by atoms with Crippen LogP contribution in [0.2, 0.25) is 0 Å². The molecule has 3 heterocycles. The van der Waals surface area contributed by atoms with Crippen LogP contribution in [-0.2, 0) is 12.6 Å². The summed E-state index contributed by atoms with van der Waals surface area (Å²) < 4.78 is 42.3. The SMILES string of the molecule is CN1CCCCC1CCc1c(-c2noc(C(F)(F)F)n2)cc[nH]c1=O. The van der Waals surface area contributed by atoms with Crippen LogP contribution in [0.5, 0.6) is 0 Å². The molecule has 2 aromatic rings. The van der Waals surface area contributed by atoms with Gasteiger partial charge in [0.25, 0.3) is 5.56 Å². The van der Waals surface area contributed by atoms with Crippen molar-refractivity contribution in [2.45, 2.75) is 44.3 Å². The number of rotatable bonds is 4. The first-order valence-electron chi connectivity index (χ1n) is 8.18. The molecule has 1 fully saturated rings. The van der Waals surface area contributed by atoms with Gasteiger partial charge in [-0.2, -0.15) is 18.2 Å². The van der Waals surface area contributed by atoms with E-state index in [1.807, 2.05) is 0 Å². The average molecular weight is 356 g/mol. The molecule has 0 aromatic carbocycles. The molecule has 6 nitrogen and oxygen atoms in total. The van der Waals surface area contributed by atoms with Gasteiger partial charge in [-0.3, -0.25) is 4.79 Å². The van der Waals surface area contributed by atoms with Gasteiger partial charge in [0.1, 0.15) is 0 Å². The summed E-state index contributed by atoms with van der Waals surface area (Å²) >= 11 is 0. The molecule has 1 aliphatic heterocycles. The molecule has 0 aliphatic carbocycles. The van der Waals surface area contributed by atoms with Gasteiger partial charge < -0.3 is 14.4 Å². The summed E-state index contributed by atoms with van der Waals surface area (Å²) in [7, 11) is 2.05. The lowest BCUT2D eigenvalue weighted by Crippen LogP contribution is -2.36. The Balaban J connectivity index is 1.85. The molecule has 1 unspecified atom stereocenters. The molecule has 0 radical (unpaired) electrons. The zero-order chi connectivity index (χ0) is 18.0. The average Bonchev–Trinajstić information content (AvgIpc) is 3.05. The number of piperidine rings is 1. The first kappa shape index (κ1) is 17.7. The smallest absolute Gasteiger partial charge is 0.329 e. The Kier molecular flexibility index (Phi) is 4.94. The normalized spacial score (nSPS) is 19.3. The van der Waals surface area contributed by atoms with E-state index in [0.717, 1.165) is 32.2 Å². The quantitative estimate of drug-likeness (QED) is 0.912. The van der Waals surface area contributed by atoms with Gasteiger partial charge in [-0.25, -0.2) is 0 Å².